The van der Waals surface area contributed by atoms with Crippen molar-refractivity contribution in [2.75, 3.05) is 43.4 Å². The summed E-state index contributed by atoms with van der Waals surface area (Å²) in [5.74, 6) is 0.418. The number of carbonyl (C=O) groups is 1. The number of sulfonamides is 1. The number of benzene rings is 1. The summed E-state index contributed by atoms with van der Waals surface area (Å²) in [4.78, 5) is 14.0. The first-order chi connectivity index (χ1) is 11.8. The van der Waals surface area contributed by atoms with Crippen molar-refractivity contribution in [1.29, 1.82) is 0 Å². The van der Waals surface area contributed by atoms with Crippen LogP contribution < -0.4 is 9.04 Å². The summed E-state index contributed by atoms with van der Waals surface area (Å²) in [6.07, 6.45) is 1.17. The van der Waals surface area contributed by atoms with Gasteiger partial charge in [0.15, 0.2) is 0 Å². The third kappa shape index (κ3) is 5.61. The highest BCUT2D eigenvalue weighted by molar-refractivity contribution is 7.92. The van der Waals surface area contributed by atoms with E-state index < -0.39 is 10.0 Å². The number of hydrogen-bond acceptors (Lipinski definition) is 5. The van der Waals surface area contributed by atoms with Gasteiger partial charge in [0.1, 0.15) is 5.75 Å². The molecule has 1 amide bonds. The van der Waals surface area contributed by atoms with E-state index in [9.17, 15) is 13.2 Å². The smallest absolute Gasteiger partial charge is 0.232 e. The fourth-order valence-electron chi connectivity index (χ4n) is 2.65. The molecule has 1 aromatic rings. The van der Waals surface area contributed by atoms with Gasteiger partial charge in [-0.2, -0.15) is 0 Å². The Morgan fingerprint density at radius 2 is 1.92 bits per heavy atom. The average Bonchev–Trinajstić information content (AvgIpc) is 2.55. The number of carbonyl (C=O) groups excluding carboxylic acids is 1. The lowest BCUT2D eigenvalue weighted by atomic mass is 10.2. The zero-order valence-corrected chi connectivity index (χ0v) is 15.8. The molecule has 0 saturated carbocycles. The van der Waals surface area contributed by atoms with Crippen molar-refractivity contribution in [1.82, 2.24) is 4.90 Å². The number of para-hydroxylation sites is 2. The Hall–Kier alpha value is -1.80. The van der Waals surface area contributed by atoms with Gasteiger partial charge in [-0.25, -0.2) is 8.42 Å². The zero-order valence-electron chi connectivity index (χ0n) is 15.0. The number of ether oxygens (including phenoxy) is 2. The van der Waals surface area contributed by atoms with E-state index in [1.807, 2.05) is 13.8 Å². The summed E-state index contributed by atoms with van der Waals surface area (Å²) < 4.78 is 36.8. The lowest BCUT2D eigenvalue weighted by Gasteiger charge is -2.29. The largest absolute Gasteiger partial charge is 0.489 e. The number of amides is 1. The molecular weight excluding hydrogens is 344 g/mol. The molecule has 1 aromatic carbocycles. The maximum absolute atomic E-state index is 12.3. The Balaban J connectivity index is 2.16. The Morgan fingerprint density at radius 3 is 2.52 bits per heavy atom. The molecule has 0 aliphatic carbocycles. The van der Waals surface area contributed by atoms with Crippen LogP contribution in [0.25, 0.3) is 0 Å². The van der Waals surface area contributed by atoms with E-state index in [0.717, 1.165) is 6.26 Å². The van der Waals surface area contributed by atoms with Crippen molar-refractivity contribution in [2.45, 2.75) is 26.4 Å². The molecule has 1 heterocycles. The number of morpholine rings is 1. The lowest BCUT2D eigenvalue weighted by Crippen LogP contribution is -2.42. The van der Waals surface area contributed by atoms with E-state index >= 15 is 0 Å². The van der Waals surface area contributed by atoms with Gasteiger partial charge in [-0.05, 0) is 26.0 Å². The minimum absolute atomic E-state index is 0.0702. The molecule has 25 heavy (non-hydrogen) atoms. The summed E-state index contributed by atoms with van der Waals surface area (Å²) in [7, 11) is -3.54. The topological polar surface area (TPSA) is 76.2 Å². The fourth-order valence-corrected chi connectivity index (χ4v) is 3.58. The first-order valence-electron chi connectivity index (χ1n) is 8.38. The van der Waals surface area contributed by atoms with E-state index in [-0.39, 0.29) is 25.0 Å². The van der Waals surface area contributed by atoms with Crippen LogP contribution in [0.5, 0.6) is 5.75 Å². The van der Waals surface area contributed by atoms with Crippen LogP contribution in [0.3, 0.4) is 0 Å². The van der Waals surface area contributed by atoms with Gasteiger partial charge >= 0.3 is 0 Å². The highest BCUT2D eigenvalue weighted by Gasteiger charge is 2.24. The molecule has 0 aromatic heterocycles. The first-order valence-corrected chi connectivity index (χ1v) is 10.2. The van der Waals surface area contributed by atoms with Gasteiger partial charge in [-0.3, -0.25) is 9.10 Å². The van der Waals surface area contributed by atoms with Crippen LogP contribution in [0.1, 0.15) is 20.3 Å². The van der Waals surface area contributed by atoms with Crippen molar-refractivity contribution < 1.29 is 22.7 Å². The molecule has 0 atom stereocenters. The molecule has 8 heteroatoms. The maximum atomic E-state index is 12.3. The Bertz CT molecular complexity index is 684. The molecule has 0 spiro atoms. The van der Waals surface area contributed by atoms with Crippen LogP contribution in [-0.4, -0.2) is 64.4 Å². The van der Waals surface area contributed by atoms with Gasteiger partial charge in [0.05, 0.1) is 31.3 Å². The molecule has 1 fully saturated rings. The highest BCUT2D eigenvalue weighted by Crippen LogP contribution is 2.30. The quantitative estimate of drug-likeness (QED) is 0.727. The molecule has 0 bridgehead atoms. The Morgan fingerprint density at radius 1 is 1.28 bits per heavy atom. The molecule has 0 radical (unpaired) electrons. The third-order valence-corrected chi connectivity index (χ3v) is 4.97. The van der Waals surface area contributed by atoms with Crippen LogP contribution in [0.15, 0.2) is 24.3 Å². The maximum Gasteiger partial charge on any atom is 0.232 e. The molecule has 0 unspecified atom stereocenters. The van der Waals surface area contributed by atoms with Crippen molar-refractivity contribution in [3.05, 3.63) is 24.3 Å². The molecule has 1 saturated heterocycles. The lowest BCUT2D eigenvalue weighted by molar-refractivity contribution is -0.135. The molecule has 0 N–H and O–H groups in total. The second kappa shape index (κ2) is 8.53. The minimum atomic E-state index is -3.54. The van der Waals surface area contributed by atoms with Gasteiger partial charge in [-0.1, -0.05) is 12.1 Å². The number of rotatable bonds is 7. The Labute approximate surface area is 149 Å². The number of hydrogen-bond donors (Lipinski definition) is 0. The molecule has 7 nitrogen and oxygen atoms in total. The summed E-state index contributed by atoms with van der Waals surface area (Å²) in [6.45, 7) is 5.97. The van der Waals surface area contributed by atoms with E-state index in [1.165, 1.54) is 4.31 Å². The van der Waals surface area contributed by atoms with Gasteiger partial charge in [0.25, 0.3) is 0 Å². The van der Waals surface area contributed by atoms with Crippen molar-refractivity contribution in [3.63, 3.8) is 0 Å². The van der Waals surface area contributed by atoms with Gasteiger partial charge in [0.2, 0.25) is 15.9 Å². The SMILES string of the molecule is CC(C)Oc1ccccc1N(CCC(=O)N1CCOCC1)S(C)(=O)=O. The predicted octanol–water partition coefficient (Wildman–Crippen LogP) is 1.49. The molecule has 2 rings (SSSR count). The van der Waals surface area contributed by atoms with Crippen LogP contribution in [-0.2, 0) is 19.6 Å². The fraction of sp³-hybridized carbons (Fsp3) is 0.588. The first kappa shape index (κ1) is 19.5. The van der Waals surface area contributed by atoms with E-state index in [1.54, 1.807) is 29.2 Å². The van der Waals surface area contributed by atoms with Crippen molar-refractivity contribution in [3.8, 4) is 5.75 Å². The number of nitrogens with zero attached hydrogens (tertiary/aromatic N) is 2. The van der Waals surface area contributed by atoms with E-state index in [4.69, 9.17) is 9.47 Å². The minimum Gasteiger partial charge on any atom is -0.489 e. The molecule has 1 aliphatic rings. The second-order valence-corrected chi connectivity index (χ2v) is 8.12. The van der Waals surface area contributed by atoms with Crippen LogP contribution in [0.2, 0.25) is 0 Å². The summed E-state index contributed by atoms with van der Waals surface area (Å²) in [5.41, 5.74) is 0.452. The molecule has 140 valence electrons. The highest BCUT2D eigenvalue weighted by atomic mass is 32.2. The Kier molecular flexibility index (Phi) is 6.66. The van der Waals surface area contributed by atoms with Crippen LogP contribution >= 0.6 is 0 Å². The van der Waals surface area contributed by atoms with E-state index in [0.29, 0.717) is 37.7 Å². The normalized spacial score (nSPS) is 15.3. The molecular formula is C17H26N2O5S. The summed E-state index contributed by atoms with van der Waals surface area (Å²) in [6, 6.07) is 6.97. The van der Waals surface area contributed by atoms with E-state index in [2.05, 4.69) is 0 Å². The standard InChI is InChI=1S/C17H26N2O5S/c1-14(2)24-16-7-5-4-6-15(16)19(25(3,21)22)9-8-17(20)18-10-12-23-13-11-18/h4-7,14H,8-13H2,1-3H3. The van der Waals surface area contributed by atoms with Gasteiger partial charge in [0, 0.05) is 26.1 Å². The monoisotopic (exact) mass is 370 g/mol. The number of anilines is 1. The zero-order chi connectivity index (χ0) is 18.4. The van der Waals surface area contributed by atoms with Gasteiger partial charge in [-0.15, -0.1) is 0 Å². The summed E-state index contributed by atoms with van der Waals surface area (Å²) in [5, 5.41) is 0. The second-order valence-electron chi connectivity index (χ2n) is 6.21. The van der Waals surface area contributed by atoms with Crippen molar-refractivity contribution in [2.24, 2.45) is 0 Å². The predicted molar refractivity (Wildman–Crippen MR) is 96.4 cm³/mol. The summed E-state index contributed by atoms with van der Waals surface area (Å²) >= 11 is 0. The van der Waals surface area contributed by atoms with Crippen LogP contribution in [0, 0.1) is 0 Å². The third-order valence-electron chi connectivity index (χ3n) is 3.79. The van der Waals surface area contributed by atoms with Gasteiger partial charge < -0.3 is 14.4 Å². The average molecular weight is 370 g/mol. The van der Waals surface area contributed by atoms with Crippen molar-refractivity contribution >= 4 is 21.6 Å². The van der Waals surface area contributed by atoms with Crippen LogP contribution in [0.4, 0.5) is 5.69 Å². The molecule has 1 aliphatic heterocycles.